The number of ether oxygens (including phenoxy) is 1. The number of thioether (sulfide) groups is 2. The van der Waals surface area contributed by atoms with Crippen molar-refractivity contribution in [3.05, 3.63) is 70.4 Å². The third-order valence-electron chi connectivity index (χ3n) is 6.37. The van der Waals surface area contributed by atoms with Gasteiger partial charge < -0.3 is 26.0 Å². The Kier molecular flexibility index (Phi) is 7.74. The number of rotatable bonds is 9. The number of amides is 2. The summed E-state index contributed by atoms with van der Waals surface area (Å²) in [7, 11) is 1.26. The van der Waals surface area contributed by atoms with Crippen molar-refractivity contribution in [2.75, 3.05) is 18.6 Å². The summed E-state index contributed by atoms with van der Waals surface area (Å²) in [5.74, 6) is -2.27. The highest BCUT2D eigenvalue weighted by atomic mass is 35.5. The van der Waals surface area contributed by atoms with Gasteiger partial charge in [-0.1, -0.05) is 35.5 Å². The van der Waals surface area contributed by atoms with Crippen LogP contribution in [0.3, 0.4) is 0 Å². The number of carboxylic acid groups (broad SMARTS) is 1. The number of hydrogen-bond acceptors (Lipinski definition) is 11. The van der Waals surface area contributed by atoms with Crippen molar-refractivity contribution in [2.45, 2.75) is 22.3 Å². The van der Waals surface area contributed by atoms with Gasteiger partial charge in [0, 0.05) is 23.6 Å². The fraction of sp³-hybridized carbons (Fsp3) is 0.250. The van der Waals surface area contributed by atoms with E-state index in [4.69, 9.17) is 22.1 Å². The molecule has 0 radical (unpaired) electrons. The van der Waals surface area contributed by atoms with Crippen molar-refractivity contribution in [3.63, 3.8) is 0 Å². The van der Waals surface area contributed by atoms with Gasteiger partial charge in [-0.3, -0.25) is 14.5 Å². The first-order chi connectivity index (χ1) is 19.2. The number of phenolic OH excluding ortho intramolecular Hbond substituents is 1. The summed E-state index contributed by atoms with van der Waals surface area (Å²) >= 11 is 8.43. The minimum absolute atomic E-state index is 0.0107. The molecule has 2 unspecified atom stereocenters. The first-order valence-electron chi connectivity index (χ1n) is 11.7. The Balaban J connectivity index is 1.34. The van der Waals surface area contributed by atoms with Crippen LogP contribution < -0.4 is 11.1 Å². The van der Waals surface area contributed by atoms with Crippen molar-refractivity contribution < 1.29 is 29.3 Å². The molecular weight excluding hydrogens is 582 g/mol. The van der Waals surface area contributed by atoms with E-state index in [9.17, 15) is 24.6 Å². The lowest BCUT2D eigenvalue weighted by atomic mass is 9.97. The average molecular weight is 604 g/mol. The Bertz CT molecular complexity index is 1500. The van der Waals surface area contributed by atoms with Crippen LogP contribution in [0.1, 0.15) is 11.6 Å². The third-order valence-corrected chi connectivity index (χ3v) is 9.00. The molecule has 1 fully saturated rings. The number of aromatic nitrogens is 4. The minimum Gasteiger partial charge on any atom is -0.508 e. The van der Waals surface area contributed by atoms with Crippen molar-refractivity contribution in [1.82, 2.24) is 30.4 Å². The van der Waals surface area contributed by atoms with E-state index in [1.54, 1.807) is 24.3 Å². The van der Waals surface area contributed by atoms with Crippen molar-refractivity contribution in [3.8, 4) is 11.4 Å². The van der Waals surface area contributed by atoms with Gasteiger partial charge in [0.2, 0.25) is 11.1 Å². The van der Waals surface area contributed by atoms with Crippen LogP contribution in [0.4, 0.5) is 0 Å². The van der Waals surface area contributed by atoms with Crippen LogP contribution in [0, 0.1) is 0 Å². The van der Waals surface area contributed by atoms with Gasteiger partial charge in [0.05, 0.1) is 5.69 Å². The molecule has 2 amide bonds. The third kappa shape index (κ3) is 4.90. The van der Waals surface area contributed by atoms with Crippen LogP contribution in [0.5, 0.6) is 5.75 Å². The molecule has 2 aliphatic rings. The number of carboxylic acids is 1. The number of benzene rings is 2. The average Bonchev–Trinajstić information content (AvgIpc) is 3.42. The molecule has 2 aliphatic heterocycles. The highest BCUT2D eigenvalue weighted by molar-refractivity contribution is 8.01. The number of carbonyl (C=O) groups excluding carboxylic acids is 2. The molecule has 3 heterocycles. The molecule has 0 spiro atoms. The van der Waals surface area contributed by atoms with E-state index in [1.165, 1.54) is 59.6 Å². The summed E-state index contributed by atoms with van der Waals surface area (Å²) in [6.07, 6.45) is 0. The molecule has 2 aromatic carbocycles. The molecule has 40 heavy (non-hydrogen) atoms. The Morgan fingerprint density at radius 3 is 2.62 bits per heavy atom. The van der Waals surface area contributed by atoms with Crippen LogP contribution in [-0.2, 0) is 19.1 Å². The number of fused-ring (bicyclic) bond motifs is 1. The molecule has 3 aromatic rings. The van der Waals surface area contributed by atoms with E-state index >= 15 is 0 Å². The van der Waals surface area contributed by atoms with Gasteiger partial charge in [-0.2, -0.15) is 4.68 Å². The minimum atomic E-state index is -1.80. The lowest BCUT2D eigenvalue weighted by Gasteiger charge is -2.56. The van der Waals surface area contributed by atoms with Crippen LogP contribution in [0.2, 0.25) is 5.02 Å². The Morgan fingerprint density at radius 1 is 1.27 bits per heavy atom. The second-order valence-corrected chi connectivity index (χ2v) is 11.2. The fourth-order valence-corrected chi connectivity index (χ4v) is 6.91. The summed E-state index contributed by atoms with van der Waals surface area (Å²) in [6, 6.07) is 11.5. The smallest absolute Gasteiger partial charge is 0.352 e. The highest BCUT2D eigenvalue weighted by Gasteiger charge is 2.66. The molecule has 0 bridgehead atoms. The number of carbonyl (C=O) groups is 3. The van der Waals surface area contributed by atoms with Crippen molar-refractivity contribution in [1.29, 1.82) is 0 Å². The molecule has 0 aliphatic carbocycles. The maximum atomic E-state index is 13.4. The molecule has 16 heteroatoms. The quantitative estimate of drug-likeness (QED) is 0.157. The predicted octanol–water partition coefficient (Wildman–Crippen LogP) is 1.53. The summed E-state index contributed by atoms with van der Waals surface area (Å²) in [6.45, 7) is 0. The molecule has 208 valence electrons. The van der Waals surface area contributed by atoms with Crippen molar-refractivity contribution in [2.24, 2.45) is 5.73 Å². The normalized spacial score (nSPS) is 21.0. The van der Waals surface area contributed by atoms with Gasteiger partial charge >= 0.3 is 5.97 Å². The van der Waals surface area contributed by atoms with E-state index in [1.807, 2.05) is 0 Å². The number of halogens is 1. The van der Waals surface area contributed by atoms with Crippen LogP contribution in [0.15, 0.2) is 65.0 Å². The number of phenols is 1. The van der Waals surface area contributed by atoms with Gasteiger partial charge in [0.1, 0.15) is 22.9 Å². The summed E-state index contributed by atoms with van der Waals surface area (Å²) in [5.41, 5.74) is 5.66. The summed E-state index contributed by atoms with van der Waals surface area (Å²) in [4.78, 5) is 39.8. The molecule has 13 nitrogen and oxygen atoms in total. The molecule has 3 atom stereocenters. The Morgan fingerprint density at radius 2 is 1.98 bits per heavy atom. The van der Waals surface area contributed by atoms with Crippen LogP contribution >= 0.6 is 35.1 Å². The topological polar surface area (TPSA) is 186 Å². The number of nitrogens with one attached hydrogen (secondary N) is 1. The molecule has 1 saturated heterocycles. The lowest BCUT2D eigenvalue weighted by molar-refractivity contribution is -0.192. The van der Waals surface area contributed by atoms with Gasteiger partial charge in [0.15, 0.2) is 0 Å². The largest absolute Gasteiger partial charge is 0.508 e. The van der Waals surface area contributed by atoms with Gasteiger partial charge in [-0.15, -0.1) is 16.9 Å². The SMILES string of the molecule is COC1(NC(=O)C(N)c2ccc(O)cc2)C(=O)N2C(C(=O)O)=C(CSc3nnnn3-c3ccc(Cl)cc3)CS[C@H]21. The zero-order valence-electron chi connectivity index (χ0n) is 20.7. The van der Waals surface area contributed by atoms with E-state index in [-0.39, 0.29) is 23.0 Å². The standard InChI is InChI=1S/C24H22ClN7O6S2/c1-38-24(27-19(34)17(26)12-2-8-16(33)9-3-12)21(37)31-18(20(35)36)13(10-39-22(24)31)11-40-23-28-29-30-32(23)15-6-4-14(25)5-7-15/h2-9,17,22,33H,10-11,26H2,1H3,(H,27,34)(H,35,36)/t17?,22-,24?/m0/s1. The van der Waals surface area contributed by atoms with Gasteiger partial charge in [-0.05, 0) is 58.0 Å². The number of hydrogen-bond donors (Lipinski definition) is 4. The molecule has 5 rings (SSSR count). The number of tetrazole rings is 1. The zero-order valence-corrected chi connectivity index (χ0v) is 23.1. The summed E-state index contributed by atoms with van der Waals surface area (Å²) in [5, 5.41) is 34.0. The molecule has 0 saturated carbocycles. The maximum Gasteiger partial charge on any atom is 0.352 e. The highest BCUT2D eigenvalue weighted by Crippen LogP contribution is 2.47. The molecule has 5 N–H and O–H groups in total. The maximum absolute atomic E-state index is 13.4. The number of nitrogens with two attached hydrogens (primary N) is 1. The van der Waals surface area contributed by atoms with Crippen molar-refractivity contribution >= 4 is 52.9 Å². The van der Waals surface area contributed by atoms with E-state index in [0.29, 0.717) is 27.0 Å². The predicted molar refractivity (Wildman–Crippen MR) is 146 cm³/mol. The van der Waals surface area contributed by atoms with Crippen LogP contribution in [0.25, 0.3) is 5.69 Å². The van der Waals surface area contributed by atoms with Crippen LogP contribution in [-0.4, -0.2) is 82.8 Å². The number of β-lactam (4-membered cyclic amide) rings is 1. The number of aliphatic carboxylic acids is 1. The van der Waals surface area contributed by atoms with E-state index in [2.05, 4.69) is 20.8 Å². The van der Waals surface area contributed by atoms with Gasteiger partial charge in [0.25, 0.3) is 11.6 Å². The second-order valence-electron chi connectivity index (χ2n) is 8.73. The summed E-state index contributed by atoms with van der Waals surface area (Å²) < 4.78 is 6.99. The lowest BCUT2D eigenvalue weighted by Crippen LogP contribution is -2.81. The molecular formula is C24H22ClN7O6S2. The zero-order chi connectivity index (χ0) is 28.6. The number of nitrogens with zero attached hydrogens (tertiary/aromatic N) is 5. The first-order valence-corrected chi connectivity index (χ1v) is 14.1. The fourth-order valence-electron chi connectivity index (χ4n) is 4.31. The van der Waals surface area contributed by atoms with Gasteiger partial charge in [-0.25, -0.2) is 4.79 Å². The Labute approximate surface area is 240 Å². The Hall–Kier alpha value is -3.63. The monoisotopic (exact) mass is 603 g/mol. The second kappa shape index (κ2) is 11.1. The molecule has 1 aromatic heterocycles. The van der Waals surface area contributed by atoms with E-state index < -0.39 is 34.9 Å². The number of methoxy groups -OCH3 is 1. The first kappa shape index (κ1) is 27.9. The van der Waals surface area contributed by atoms with E-state index in [0.717, 1.165) is 4.90 Å². The number of aromatic hydroxyl groups is 1.